The number of amides is 1. The van der Waals surface area contributed by atoms with Gasteiger partial charge in [-0.3, -0.25) is 9.59 Å². The first-order valence-corrected chi connectivity index (χ1v) is 4.93. The number of rotatable bonds is 4. The molecule has 1 saturated heterocycles. The van der Waals surface area contributed by atoms with Crippen LogP contribution in [0, 0.1) is 0 Å². The Morgan fingerprint density at radius 3 is 2.93 bits per heavy atom. The predicted molar refractivity (Wildman–Crippen MR) is 54.0 cm³/mol. The number of likely N-dealkylation sites (tertiary alicyclic amines) is 1. The summed E-state index contributed by atoms with van der Waals surface area (Å²) in [5, 5.41) is 2.90. The van der Waals surface area contributed by atoms with E-state index in [4.69, 9.17) is 1.37 Å². The normalized spacial score (nSPS) is 27.6. The van der Waals surface area contributed by atoms with Gasteiger partial charge in [0.25, 0.3) is 0 Å². The SMILES string of the molecule is [3H][C@H]1C[C@H](C(C)=O)N(C(=O)CCNC)C1. The summed E-state index contributed by atoms with van der Waals surface area (Å²) < 4.78 is 7.59. The molecule has 0 aromatic carbocycles. The molecule has 4 nitrogen and oxygen atoms in total. The second-order valence-corrected chi connectivity index (χ2v) is 3.55. The van der Waals surface area contributed by atoms with Crippen molar-refractivity contribution in [2.75, 3.05) is 20.1 Å². The third-order valence-electron chi connectivity index (χ3n) is 2.47. The number of hydrogen-bond acceptors (Lipinski definition) is 3. The van der Waals surface area contributed by atoms with Crippen LogP contribution < -0.4 is 5.32 Å². The molecular weight excluding hydrogens is 180 g/mol. The number of carbonyl (C=O) groups excluding carboxylic acids is 2. The van der Waals surface area contributed by atoms with Gasteiger partial charge in [0.05, 0.1) is 6.04 Å². The average Bonchev–Trinajstić information content (AvgIpc) is 2.57. The standard InChI is InChI=1S/C10H18N2O2/c1-8(13)9-4-3-7-12(9)10(14)5-6-11-2/h9,11H,3-7H2,1-2H3/t9-/m1/s1/i3T/t3-,9+/m0. The zero-order chi connectivity index (χ0) is 11.4. The number of Topliss-reactive ketones (excluding diaryl/α,β-unsaturated/α-hetero) is 1. The minimum absolute atomic E-state index is 0.0115. The highest BCUT2D eigenvalue weighted by Gasteiger charge is 2.30. The molecule has 1 rings (SSSR count). The molecule has 0 radical (unpaired) electrons. The van der Waals surface area contributed by atoms with Crippen molar-refractivity contribution >= 4 is 11.7 Å². The van der Waals surface area contributed by atoms with Gasteiger partial charge in [0.2, 0.25) is 5.91 Å². The maximum Gasteiger partial charge on any atom is 0.224 e. The molecule has 0 aliphatic carbocycles. The molecule has 14 heavy (non-hydrogen) atoms. The van der Waals surface area contributed by atoms with Gasteiger partial charge in [-0.25, -0.2) is 0 Å². The van der Waals surface area contributed by atoms with Gasteiger partial charge in [0.1, 0.15) is 0 Å². The van der Waals surface area contributed by atoms with E-state index in [0.717, 1.165) is 0 Å². The molecule has 4 heteroatoms. The van der Waals surface area contributed by atoms with Crippen LogP contribution in [0.4, 0.5) is 0 Å². The highest BCUT2D eigenvalue weighted by atomic mass is 16.2. The fourth-order valence-electron chi connectivity index (χ4n) is 1.66. The third kappa shape index (κ3) is 2.54. The van der Waals surface area contributed by atoms with Crippen LogP contribution in [-0.2, 0) is 9.59 Å². The molecule has 0 saturated carbocycles. The van der Waals surface area contributed by atoms with Crippen LogP contribution in [-0.4, -0.2) is 42.8 Å². The Hall–Kier alpha value is -0.900. The van der Waals surface area contributed by atoms with Crippen LogP contribution >= 0.6 is 0 Å². The summed E-state index contributed by atoms with van der Waals surface area (Å²) in [6.07, 6.45) is 0.575. The van der Waals surface area contributed by atoms with Crippen molar-refractivity contribution in [2.45, 2.75) is 32.2 Å². The number of carbonyl (C=O) groups is 2. The Labute approximate surface area is 86.1 Å². The van der Waals surface area contributed by atoms with Crippen LogP contribution in [0.2, 0.25) is 0 Å². The second kappa shape index (κ2) is 5.10. The number of hydrogen-bond donors (Lipinski definition) is 1. The number of nitrogens with zero attached hydrogens (tertiary/aromatic N) is 1. The summed E-state index contributed by atoms with van der Waals surface area (Å²) in [6.45, 7) is 2.50. The van der Waals surface area contributed by atoms with E-state index in [0.29, 0.717) is 25.9 Å². The zero-order valence-corrected chi connectivity index (χ0v) is 8.75. The lowest BCUT2D eigenvalue weighted by atomic mass is 10.1. The van der Waals surface area contributed by atoms with Gasteiger partial charge in [-0.15, -0.1) is 0 Å². The van der Waals surface area contributed by atoms with E-state index < -0.39 is 0 Å². The van der Waals surface area contributed by atoms with Gasteiger partial charge >= 0.3 is 0 Å². The summed E-state index contributed by atoms with van der Waals surface area (Å²) in [4.78, 5) is 24.6. The topological polar surface area (TPSA) is 49.4 Å². The van der Waals surface area contributed by atoms with Crippen molar-refractivity contribution in [3.63, 3.8) is 0 Å². The molecule has 1 fully saturated rings. The molecular formula is C10H18N2O2. The van der Waals surface area contributed by atoms with Crippen molar-refractivity contribution in [3.05, 3.63) is 0 Å². The Balaban J connectivity index is 2.58. The molecule has 80 valence electrons. The maximum atomic E-state index is 11.7. The Morgan fingerprint density at radius 1 is 1.64 bits per heavy atom. The fourth-order valence-corrected chi connectivity index (χ4v) is 1.66. The molecule has 1 heterocycles. The first kappa shape index (κ1) is 9.65. The summed E-state index contributed by atoms with van der Waals surface area (Å²) >= 11 is 0. The van der Waals surface area contributed by atoms with Crippen LogP contribution in [0.15, 0.2) is 0 Å². The lowest BCUT2D eigenvalue weighted by molar-refractivity contribution is -0.136. The quantitative estimate of drug-likeness (QED) is 0.704. The van der Waals surface area contributed by atoms with Gasteiger partial charge in [0, 0.05) is 20.9 Å². The maximum absolute atomic E-state index is 11.7. The Bertz CT molecular complexity index is 258. The molecule has 2 atom stereocenters. The Morgan fingerprint density at radius 2 is 2.36 bits per heavy atom. The highest BCUT2D eigenvalue weighted by Crippen LogP contribution is 2.18. The molecule has 1 aliphatic heterocycles. The van der Waals surface area contributed by atoms with Crippen LogP contribution in [0.25, 0.3) is 0 Å². The van der Waals surface area contributed by atoms with Crippen LogP contribution in [0.5, 0.6) is 0 Å². The summed E-state index contributed by atoms with van der Waals surface area (Å²) in [7, 11) is 1.78. The van der Waals surface area contributed by atoms with Crippen LogP contribution in [0.1, 0.15) is 27.5 Å². The fraction of sp³-hybridized carbons (Fsp3) is 0.800. The number of nitrogens with one attached hydrogen (secondary N) is 1. The monoisotopic (exact) mass is 200 g/mol. The molecule has 0 aromatic heterocycles. The molecule has 1 amide bonds. The lowest BCUT2D eigenvalue weighted by Gasteiger charge is -2.22. The second-order valence-electron chi connectivity index (χ2n) is 3.55. The van der Waals surface area contributed by atoms with Gasteiger partial charge < -0.3 is 10.2 Å². The minimum Gasteiger partial charge on any atom is -0.333 e. The molecule has 0 spiro atoms. The third-order valence-corrected chi connectivity index (χ3v) is 2.47. The first-order chi connectivity index (χ1) is 7.06. The van der Waals surface area contributed by atoms with Crippen molar-refractivity contribution < 1.29 is 11.0 Å². The predicted octanol–water partition coefficient (Wildman–Crippen LogP) is 0.176. The van der Waals surface area contributed by atoms with Crippen LogP contribution in [0.3, 0.4) is 0 Å². The van der Waals surface area contributed by atoms with E-state index in [9.17, 15) is 9.59 Å². The zero-order valence-electron chi connectivity index (χ0n) is 9.75. The van der Waals surface area contributed by atoms with E-state index >= 15 is 0 Å². The van der Waals surface area contributed by atoms with E-state index in [1.165, 1.54) is 6.92 Å². The summed E-state index contributed by atoms with van der Waals surface area (Å²) in [5.74, 6) is -0.0399. The van der Waals surface area contributed by atoms with E-state index in [-0.39, 0.29) is 24.1 Å². The summed E-state index contributed by atoms with van der Waals surface area (Å²) in [6, 6.07) is -0.364. The molecule has 0 bridgehead atoms. The minimum atomic E-state index is -0.364. The lowest BCUT2D eigenvalue weighted by Crippen LogP contribution is -2.40. The largest absolute Gasteiger partial charge is 0.333 e. The van der Waals surface area contributed by atoms with Crippen molar-refractivity contribution in [1.29, 1.82) is 0 Å². The number of ketones is 1. The molecule has 1 aliphatic rings. The van der Waals surface area contributed by atoms with Crippen molar-refractivity contribution in [1.82, 2.24) is 10.2 Å². The Kier molecular flexibility index (Phi) is 3.51. The van der Waals surface area contributed by atoms with Gasteiger partial charge in [0.15, 0.2) is 5.78 Å². The van der Waals surface area contributed by atoms with E-state index in [2.05, 4.69) is 5.32 Å². The smallest absolute Gasteiger partial charge is 0.224 e. The van der Waals surface area contributed by atoms with Crippen molar-refractivity contribution in [2.24, 2.45) is 0 Å². The van der Waals surface area contributed by atoms with Gasteiger partial charge in [-0.2, -0.15) is 0 Å². The molecule has 0 unspecified atom stereocenters. The van der Waals surface area contributed by atoms with E-state index in [1.807, 2.05) is 0 Å². The molecule has 0 aromatic rings. The van der Waals surface area contributed by atoms with Crippen molar-refractivity contribution in [3.8, 4) is 0 Å². The first-order valence-electron chi connectivity index (χ1n) is 5.50. The van der Waals surface area contributed by atoms with Gasteiger partial charge in [-0.1, -0.05) is 0 Å². The summed E-state index contributed by atoms with van der Waals surface area (Å²) in [5.41, 5.74) is 0. The van der Waals surface area contributed by atoms with Gasteiger partial charge in [-0.05, 0) is 26.8 Å². The van der Waals surface area contributed by atoms with E-state index in [1.54, 1.807) is 11.9 Å². The molecule has 1 N–H and O–H groups in total. The highest BCUT2D eigenvalue weighted by molar-refractivity contribution is 5.88. The average molecular weight is 200 g/mol.